The fraction of sp³-hybridized carbons (Fsp3) is 0.500. The molecule has 1 unspecified atom stereocenters. The molecule has 4 heteroatoms. The van der Waals surface area contributed by atoms with Crippen LogP contribution in [0.15, 0.2) is 18.2 Å². The van der Waals surface area contributed by atoms with Crippen molar-refractivity contribution >= 4 is 0 Å². The average molecular weight is 225 g/mol. The number of rotatable bonds is 4. The Morgan fingerprint density at radius 2 is 2.25 bits per heavy atom. The monoisotopic (exact) mass is 225 g/mol. The third-order valence-corrected chi connectivity index (χ3v) is 3.22. The second-order valence-corrected chi connectivity index (χ2v) is 4.25. The summed E-state index contributed by atoms with van der Waals surface area (Å²) in [6.07, 6.45) is 1.89. The van der Waals surface area contributed by atoms with Gasteiger partial charge in [0, 0.05) is 6.54 Å². The lowest BCUT2D eigenvalue weighted by atomic mass is 9.89. The van der Waals surface area contributed by atoms with Crippen LogP contribution >= 0.6 is 0 Å². The predicted molar refractivity (Wildman–Crippen MR) is 58.6 cm³/mol. The number of aliphatic hydroxyl groups is 1. The van der Waals surface area contributed by atoms with E-state index in [4.69, 9.17) is 10.5 Å². The van der Waals surface area contributed by atoms with E-state index >= 15 is 0 Å². The molecule has 0 radical (unpaired) electrons. The van der Waals surface area contributed by atoms with E-state index in [-0.39, 0.29) is 18.2 Å². The minimum absolute atomic E-state index is 0.115. The maximum absolute atomic E-state index is 13.5. The van der Waals surface area contributed by atoms with Crippen LogP contribution in [-0.4, -0.2) is 18.8 Å². The highest BCUT2D eigenvalue weighted by atomic mass is 19.1. The Morgan fingerprint density at radius 1 is 1.56 bits per heavy atom. The molecule has 0 bridgehead atoms. The maximum Gasteiger partial charge on any atom is 0.165 e. The fourth-order valence-corrected chi connectivity index (χ4v) is 2.02. The van der Waals surface area contributed by atoms with Crippen molar-refractivity contribution in [1.82, 2.24) is 0 Å². The minimum atomic E-state index is -1.09. The first kappa shape index (κ1) is 11.4. The van der Waals surface area contributed by atoms with Gasteiger partial charge in [-0.3, -0.25) is 0 Å². The standard InChI is InChI=1S/C12H16FNO2/c1-16-11-5-4-9(6-10(11)13)12(15,7-14)8-2-3-8/h4-6,8,15H,2-3,7,14H2,1H3. The Kier molecular flexibility index (Phi) is 2.86. The molecule has 1 aromatic rings. The van der Waals surface area contributed by atoms with E-state index in [9.17, 15) is 9.50 Å². The van der Waals surface area contributed by atoms with Gasteiger partial charge in [-0.05, 0) is 36.5 Å². The molecule has 1 atom stereocenters. The third-order valence-electron chi connectivity index (χ3n) is 3.22. The van der Waals surface area contributed by atoms with Crippen LogP contribution < -0.4 is 10.5 Å². The largest absolute Gasteiger partial charge is 0.494 e. The zero-order chi connectivity index (χ0) is 11.8. The van der Waals surface area contributed by atoms with Crippen molar-refractivity contribution in [3.63, 3.8) is 0 Å². The molecule has 3 nitrogen and oxygen atoms in total. The summed E-state index contributed by atoms with van der Waals surface area (Å²) in [5, 5.41) is 10.4. The Morgan fingerprint density at radius 3 is 2.69 bits per heavy atom. The van der Waals surface area contributed by atoms with Crippen molar-refractivity contribution in [1.29, 1.82) is 0 Å². The van der Waals surface area contributed by atoms with E-state index in [2.05, 4.69) is 0 Å². The predicted octanol–water partition coefficient (Wildman–Crippen LogP) is 1.39. The topological polar surface area (TPSA) is 55.5 Å². The van der Waals surface area contributed by atoms with Crippen LogP contribution in [0.5, 0.6) is 5.75 Å². The van der Waals surface area contributed by atoms with Gasteiger partial charge in [-0.2, -0.15) is 0 Å². The second-order valence-electron chi connectivity index (χ2n) is 4.25. The van der Waals surface area contributed by atoms with E-state index in [1.165, 1.54) is 19.2 Å². The zero-order valence-electron chi connectivity index (χ0n) is 9.24. The summed E-state index contributed by atoms with van der Waals surface area (Å²) in [5.41, 5.74) is 5.04. The van der Waals surface area contributed by atoms with Crippen LogP contribution in [0.2, 0.25) is 0 Å². The van der Waals surface area contributed by atoms with Crippen molar-refractivity contribution < 1.29 is 14.2 Å². The highest BCUT2D eigenvalue weighted by Crippen LogP contribution is 2.45. The first-order valence-corrected chi connectivity index (χ1v) is 5.38. The third kappa shape index (κ3) is 1.79. The molecular formula is C12H16FNO2. The molecule has 1 aliphatic rings. The Labute approximate surface area is 94.0 Å². The minimum Gasteiger partial charge on any atom is -0.494 e. The van der Waals surface area contributed by atoms with Crippen molar-refractivity contribution in [2.45, 2.75) is 18.4 Å². The quantitative estimate of drug-likeness (QED) is 0.814. The molecule has 1 saturated carbocycles. The normalized spacial score (nSPS) is 19.2. The van der Waals surface area contributed by atoms with Crippen LogP contribution in [0.1, 0.15) is 18.4 Å². The van der Waals surface area contributed by atoms with E-state index in [1.54, 1.807) is 6.07 Å². The molecule has 1 fully saturated rings. The van der Waals surface area contributed by atoms with Crippen molar-refractivity contribution in [3.05, 3.63) is 29.6 Å². The summed E-state index contributed by atoms with van der Waals surface area (Å²) in [7, 11) is 1.41. The average Bonchev–Trinajstić information content (AvgIpc) is 3.12. The number of halogens is 1. The van der Waals surface area contributed by atoms with E-state index in [1.807, 2.05) is 0 Å². The summed E-state index contributed by atoms with van der Waals surface area (Å²) in [6, 6.07) is 4.50. The lowest BCUT2D eigenvalue weighted by Crippen LogP contribution is -2.37. The molecule has 0 spiro atoms. The molecular weight excluding hydrogens is 209 g/mol. The Hall–Kier alpha value is -1.13. The Balaban J connectivity index is 2.35. The molecule has 0 aromatic heterocycles. The summed E-state index contributed by atoms with van der Waals surface area (Å²) >= 11 is 0. The van der Waals surface area contributed by atoms with Crippen molar-refractivity contribution in [3.8, 4) is 5.75 Å². The van der Waals surface area contributed by atoms with Crippen LogP contribution in [0.3, 0.4) is 0 Å². The van der Waals surface area contributed by atoms with Gasteiger partial charge in [0.2, 0.25) is 0 Å². The second kappa shape index (κ2) is 4.03. The highest BCUT2D eigenvalue weighted by molar-refractivity contribution is 5.34. The first-order valence-electron chi connectivity index (χ1n) is 5.38. The van der Waals surface area contributed by atoms with Crippen molar-refractivity contribution in [2.75, 3.05) is 13.7 Å². The number of hydrogen-bond donors (Lipinski definition) is 2. The molecule has 88 valence electrons. The number of methoxy groups -OCH3 is 1. The van der Waals surface area contributed by atoms with E-state index < -0.39 is 11.4 Å². The molecule has 16 heavy (non-hydrogen) atoms. The van der Waals surface area contributed by atoms with E-state index in [0.717, 1.165) is 12.8 Å². The summed E-state index contributed by atoms with van der Waals surface area (Å²) in [5.74, 6) is -0.128. The molecule has 2 rings (SSSR count). The van der Waals surface area contributed by atoms with Gasteiger partial charge in [0.15, 0.2) is 11.6 Å². The molecule has 0 heterocycles. The highest BCUT2D eigenvalue weighted by Gasteiger charge is 2.44. The fourth-order valence-electron chi connectivity index (χ4n) is 2.02. The van der Waals surface area contributed by atoms with Crippen LogP contribution in [0.4, 0.5) is 4.39 Å². The number of ether oxygens (including phenoxy) is 1. The number of benzene rings is 1. The SMILES string of the molecule is COc1ccc(C(O)(CN)C2CC2)cc1F. The number of hydrogen-bond acceptors (Lipinski definition) is 3. The van der Waals surface area contributed by atoms with Crippen LogP contribution in [-0.2, 0) is 5.60 Å². The lowest BCUT2D eigenvalue weighted by molar-refractivity contribution is 0.0219. The van der Waals surface area contributed by atoms with Gasteiger partial charge in [-0.15, -0.1) is 0 Å². The summed E-state index contributed by atoms with van der Waals surface area (Å²) in [4.78, 5) is 0. The number of nitrogens with two attached hydrogens (primary N) is 1. The zero-order valence-corrected chi connectivity index (χ0v) is 9.24. The van der Waals surface area contributed by atoms with Gasteiger partial charge in [0.1, 0.15) is 5.60 Å². The van der Waals surface area contributed by atoms with Crippen molar-refractivity contribution in [2.24, 2.45) is 11.7 Å². The summed E-state index contributed by atoms with van der Waals surface area (Å²) < 4.78 is 18.4. The van der Waals surface area contributed by atoms with Gasteiger partial charge in [-0.1, -0.05) is 6.07 Å². The molecule has 0 saturated heterocycles. The van der Waals surface area contributed by atoms with Crippen LogP contribution in [0.25, 0.3) is 0 Å². The smallest absolute Gasteiger partial charge is 0.165 e. The summed E-state index contributed by atoms with van der Waals surface area (Å²) in [6.45, 7) is 0.115. The molecule has 3 N–H and O–H groups in total. The maximum atomic E-state index is 13.5. The first-order chi connectivity index (χ1) is 7.61. The molecule has 0 aliphatic heterocycles. The molecule has 0 amide bonds. The lowest BCUT2D eigenvalue weighted by Gasteiger charge is -2.27. The van der Waals surface area contributed by atoms with Gasteiger partial charge >= 0.3 is 0 Å². The van der Waals surface area contributed by atoms with Gasteiger partial charge < -0.3 is 15.6 Å². The molecule has 1 aliphatic carbocycles. The van der Waals surface area contributed by atoms with Gasteiger partial charge in [-0.25, -0.2) is 4.39 Å². The van der Waals surface area contributed by atoms with Gasteiger partial charge in [0.25, 0.3) is 0 Å². The van der Waals surface area contributed by atoms with Crippen LogP contribution in [0, 0.1) is 11.7 Å². The Bertz CT molecular complexity index is 393. The molecule has 1 aromatic carbocycles. The van der Waals surface area contributed by atoms with Gasteiger partial charge in [0.05, 0.1) is 7.11 Å². The van der Waals surface area contributed by atoms with E-state index in [0.29, 0.717) is 5.56 Å².